The van der Waals surface area contributed by atoms with Crippen LogP contribution in [0.25, 0.3) is 22.0 Å². The van der Waals surface area contributed by atoms with Crippen molar-refractivity contribution in [1.82, 2.24) is 9.97 Å². The Kier molecular flexibility index (Phi) is 6.95. The van der Waals surface area contributed by atoms with Gasteiger partial charge in [0.25, 0.3) is 0 Å². The number of carbonyl (C=O) groups excluding carboxylic acids is 2. The molecule has 0 saturated carbocycles. The van der Waals surface area contributed by atoms with E-state index in [0.717, 1.165) is 5.56 Å². The molecule has 0 aliphatic carbocycles. The van der Waals surface area contributed by atoms with Crippen LogP contribution in [0, 0.1) is 19.7 Å². The highest BCUT2D eigenvalue weighted by molar-refractivity contribution is 5.92. The van der Waals surface area contributed by atoms with Crippen LogP contribution in [0.3, 0.4) is 0 Å². The molecular formula is C25H25FN4O4. The van der Waals surface area contributed by atoms with Gasteiger partial charge in [-0.2, -0.15) is 0 Å². The number of nitrogens with zero attached hydrogens (tertiary/aromatic N) is 3. The molecule has 2 amide bonds. The lowest BCUT2D eigenvalue weighted by atomic mass is 9.97. The summed E-state index contributed by atoms with van der Waals surface area (Å²) in [6.45, 7) is 13.7. The number of fused-ring (bicyclic) bond motifs is 1. The first-order valence-corrected chi connectivity index (χ1v) is 10.3. The number of benzene rings is 1. The van der Waals surface area contributed by atoms with Gasteiger partial charge in [-0.3, -0.25) is 15.2 Å². The number of pyridine rings is 2. The zero-order valence-electron chi connectivity index (χ0n) is 19.7. The Labute approximate surface area is 196 Å². The molecule has 176 valence electrons. The second kappa shape index (κ2) is 9.70. The van der Waals surface area contributed by atoms with Crippen LogP contribution in [0.1, 0.15) is 25.1 Å². The number of aryl methyl sites for hydroxylation is 2. The number of carbonyl (C=O) groups is 2. The van der Waals surface area contributed by atoms with Crippen LogP contribution in [0.2, 0.25) is 0 Å². The molecule has 0 aliphatic rings. The molecule has 0 spiro atoms. The topological polar surface area (TPSA) is 93.7 Å². The van der Waals surface area contributed by atoms with E-state index in [-0.39, 0.29) is 17.2 Å². The molecule has 2 heterocycles. The van der Waals surface area contributed by atoms with E-state index in [1.807, 2.05) is 13.0 Å². The number of aromatic nitrogens is 2. The molecule has 3 rings (SSSR count). The summed E-state index contributed by atoms with van der Waals surface area (Å²) in [7, 11) is 1.54. The van der Waals surface area contributed by atoms with E-state index in [1.54, 1.807) is 26.1 Å². The van der Waals surface area contributed by atoms with Crippen LogP contribution in [-0.4, -0.2) is 29.2 Å². The Balaban J connectivity index is 2.00. The van der Waals surface area contributed by atoms with E-state index in [4.69, 9.17) is 9.47 Å². The van der Waals surface area contributed by atoms with Crippen LogP contribution in [0.5, 0.6) is 0 Å². The van der Waals surface area contributed by atoms with Gasteiger partial charge in [-0.05, 0) is 57.0 Å². The van der Waals surface area contributed by atoms with Gasteiger partial charge in [0.15, 0.2) is 0 Å². The average Bonchev–Trinajstić information content (AvgIpc) is 2.73. The van der Waals surface area contributed by atoms with Crippen molar-refractivity contribution >= 4 is 34.6 Å². The molecule has 0 aliphatic heterocycles. The molecule has 0 unspecified atom stereocenters. The second-order valence-corrected chi connectivity index (χ2v) is 7.85. The maximum atomic E-state index is 14.5. The highest BCUT2D eigenvalue weighted by Crippen LogP contribution is 2.33. The van der Waals surface area contributed by atoms with Gasteiger partial charge in [0.05, 0.1) is 22.7 Å². The fourth-order valence-electron chi connectivity index (χ4n) is 3.27. The standard InChI is InChI=1S/C25H25FN4O4/c1-13(2)33-24(31)29-22-10-18(15(5)8-20(22)26)19-9-17-12-27-23(11-21(17)28-16(19)6)30(7)25(32)34-14(3)4/h8-12H,1,3H2,2,4-7H3,(H,29,31). The fourth-order valence-corrected chi connectivity index (χ4v) is 3.27. The Hall–Kier alpha value is -4.27. The minimum absolute atomic E-state index is 0.0301. The van der Waals surface area contributed by atoms with E-state index in [1.165, 1.54) is 31.0 Å². The molecule has 0 saturated heterocycles. The highest BCUT2D eigenvalue weighted by atomic mass is 19.1. The molecule has 0 bridgehead atoms. The third-order valence-electron chi connectivity index (χ3n) is 4.86. The molecule has 1 N–H and O–H groups in total. The SMILES string of the molecule is C=C(C)OC(=O)Nc1cc(-c2cc3cnc(N(C)C(=O)OC(=C)C)cc3nc2C)c(C)cc1F. The van der Waals surface area contributed by atoms with Crippen LogP contribution in [0.15, 0.2) is 55.1 Å². The summed E-state index contributed by atoms with van der Waals surface area (Å²) in [4.78, 5) is 34.3. The minimum Gasteiger partial charge on any atom is -0.416 e. The van der Waals surface area contributed by atoms with E-state index in [2.05, 4.69) is 28.4 Å². The first kappa shape index (κ1) is 24.4. The van der Waals surface area contributed by atoms with E-state index in [9.17, 15) is 14.0 Å². The lowest BCUT2D eigenvalue weighted by molar-refractivity contribution is 0.185. The normalized spacial score (nSPS) is 10.5. The Morgan fingerprint density at radius 2 is 1.71 bits per heavy atom. The third kappa shape index (κ3) is 5.37. The van der Waals surface area contributed by atoms with Crippen molar-refractivity contribution in [3.63, 3.8) is 0 Å². The monoisotopic (exact) mass is 464 g/mol. The molecule has 3 aromatic rings. The van der Waals surface area contributed by atoms with Gasteiger partial charge < -0.3 is 9.47 Å². The van der Waals surface area contributed by atoms with Crippen LogP contribution >= 0.6 is 0 Å². The third-order valence-corrected chi connectivity index (χ3v) is 4.86. The summed E-state index contributed by atoms with van der Waals surface area (Å²) in [6, 6.07) is 6.41. The van der Waals surface area contributed by atoms with E-state index < -0.39 is 18.0 Å². The van der Waals surface area contributed by atoms with Crippen LogP contribution < -0.4 is 10.2 Å². The smallest absolute Gasteiger partial charge is 0.416 e. The minimum atomic E-state index is -0.833. The van der Waals surface area contributed by atoms with Crippen molar-refractivity contribution in [3.05, 3.63) is 72.2 Å². The molecule has 0 radical (unpaired) electrons. The predicted molar refractivity (Wildman–Crippen MR) is 129 cm³/mol. The largest absolute Gasteiger partial charge is 0.420 e. The summed E-state index contributed by atoms with van der Waals surface area (Å²) in [5.41, 5.74) is 3.34. The fraction of sp³-hybridized carbons (Fsp3) is 0.200. The first-order chi connectivity index (χ1) is 16.0. The van der Waals surface area contributed by atoms with Crippen LogP contribution in [0.4, 0.5) is 25.5 Å². The number of nitrogens with one attached hydrogen (secondary N) is 1. The molecule has 0 fully saturated rings. The van der Waals surface area contributed by atoms with Gasteiger partial charge in [-0.15, -0.1) is 0 Å². The second-order valence-electron chi connectivity index (χ2n) is 7.85. The average molecular weight is 464 g/mol. The number of ether oxygens (including phenoxy) is 2. The van der Waals surface area contributed by atoms with Crippen molar-refractivity contribution in [2.75, 3.05) is 17.3 Å². The summed E-state index contributed by atoms with van der Waals surface area (Å²) in [5, 5.41) is 3.11. The number of hydrogen-bond donors (Lipinski definition) is 1. The maximum absolute atomic E-state index is 14.5. The number of halogens is 1. The molecule has 1 aromatic carbocycles. The van der Waals surface area contributed by atoms with Gasteiger partial charge in [-0.1, -0.05) is 13.2 Å². The number of amides is 2. The Morgan fingerprint density at radius 3 is 2.35 bits per heavy atom. The molecule has 8 nitrogen and oxygen atoms in total. The van der Waals surface area contributed by atoms with Crippen molar-refractivity contribution < 1.29 is 23.5 Å². The van der Waals surface area contributed by atoms with E-state index in [0.29, 0.717) is 33.5 Å². The zero-order valence-corrected chi connectivity index (χ0v) is 19.7. The number of hydrogen-bond acceptors (Lipinski definition) is 6. The van der Waals surface area contributed by atoms with Gasteiger partial charge in [0.1, 0.15) is 11.6 Å². The van der Waals surface area contributed by atoms with Gasteiger partial charge in [0, 0.05) is 36.0 Å². The number of anilines is 2. The van der Waals surface area contributed by atoms with Gasteiger partial charge in [-0.25, -0.2) is 19.0 Å². The summed E-state index contributed by atoms with van der Waals surface area (Å²) in [6.07, 6.45) is 0.147. The first-order valence-electron chi connectivity index (χ1n) is 10.3. The molecule has 34 heavy (non-hydrogen) atoms. The Bertz CT molecular complexity index is 1340. The van der Waals surface area contributed by atoms with Crippen LogP contribution in [-0.2, 0) is 9.47 Å². The van der Waals surface area contributed by atoms with E-state index >= 15 is 0 Å². The predicted octanol–water partition coefficient (Wildman–Crippen LogP) is 6.24. The summed E-state index contributed by atoms with van der Waals surface area (Å²) in [5.74, 6) is 0.221. The molecule has 2 aromatic heterocycles. The molecule has 9 heteroatoms. The number of rotatable bonds is 5. The highest BCUT2D eigenvalue weighted by Gasteiger charge is 2.17. The number of allylic oxidation sites excluding steroid dienone is 2. The molecular weight excluding hydrogens is 439 g/mol. The lowest BCUT2D eigenvalue weighted by Crippen LogP contribution is -2.27. The van der Waals surface area contributed by atoms with Gasteiger partial charge in [0.2, 0.25) is 0 Å². The summed E-state index contributed by atoms with van der Waals surface area (Å²) >= 11 is 0. The quantitative estimate of drug-likeness (QED) is 0.449. The zero-order chi connectivity index (χ0) is 25.2. The maximum Gasteiger partial charge on any atom is 0.420 e. The summed E-state index contributed by atoms with van der Waals surface area (Å²) < 4.78 is 24.4. The lowest BCUT2D eigenvalue weighted by Gasteiger charge is -2.17. The van der Waals surface area contributed by atoms with Crippen molar-refractivity contribution in [2.45, 2.75) is 27.7 Å². The molecule has 0 atom stereocenters. The van der Waals surface area contributed by atoms with Gasteiger partial charge >= 0.3 is 12.2 Å². The van der Waals surface area contributed by atoms with Crippen molar-refractivity contribution in [2.24, 2.45) is 0 Å². The Morgan fingerprint density at radius 1 is 1.03 bits per heavy atom. The van der Waals surface area contributed by atoms with Crippen molar-refractivity contribution in [1.29, 1.82) is 0 Å². The van der Waals surface area contributed by atoms with Crippen molar-refractivity contribution in [3.8, 4) is 11.1 Å².